The van der Waals surface area contributed by atoms with Crippen molar-refractivity contribution < 1.29 is 18.0 Å². The van der Waals surface area contributed by atoms with Crippen LogP contribution in [0.5, 0.6) is 0 Å². The number of nitrogens with zero attached hydrogens (tertiary/aromatic N) is 1. The lowest BCUT2D eigenvalue weighted by atomic mass is 10.1. The zero-order valence-corrected chi connectivity index (χ0v) is 11.7. The molecular weight excluding hydrogens is 313 g/mol. The Labute approximate surface area is 121 Å². The van der Waals surface area contributed by atoms with E-state index in [-0.39, 0.29) is 15.6 Å². The quantitative estimate of drug-likeness (QED) is 0.892. The van der Waals surface area contributed by atoms with Crippen molar-refractivity contribution in [1.29, 1.82) is 0 Å². The average molecular weight is 321 g/mol. The minimum absolute atomic E-state index is 0.0516. The number of aromatic nitrogens is 1. The fourth-order valence-corrected chi connectivity index (χ4v) is 2.43. The molecular formula is C12H8ClF3N2OS. The van der Waals surface area contributed by atoms with Gasteiger partial charge in [-0.1, -0.05) is 11.6 Å². The van der Waals surface area contributed by atoms with Crippen LogP contribution in [-0.2, 0) is 6.18 Å². The molecule has 0 spiro atoms. The molecule has 1 aromatic heterocycles. The Morgan fingerprint density at radius 1 is 1.40 bits per heavy atom. The molecule has 2 aromatic rings. The monoisotopic (exact) mass is 320 g/mol. The number of carbonyl (C=O) groups is 1. The van der Waals surface area contributed by atoms with E-state index < -0.39 is 17.6 Å². The van der Waals surface area contributed by atoms with Crippen molar-refractivity contribution in [3.63, 3.8) is 0 Å². The summed E-state index contributed by atoms with van der Waals surface area (Å²) in [6.45, 7) is 1.61. The third-order valence-corrected chi connectivity index (χ3v) is 3.65. The van der Waals surface area contributed by atoms with Gasteiger partial charge in [-0.3, -0.25) is 4.79 Å². The van der Waals surface area contributed by atoms with Gasteiger partial charge in [0.25, 0.3) is 5.91 Å². The Morgan fingerprint density at radius 3 is 2.65 bits per heavy atom. The number of halogens is 4. The predicted molar refractivity (Wildman–Crippen MR) is 71.3 cm³/mol. The molecule has 0 fully saturated rings. The molecule has 106 valence electrons. The van der Waals surface area contributed by atoms with Gasteiger partial charge >= 0.3 is 6.18 Å². The summed E-state index contributed by atoms with van der Waals surface area (Å²) in [6, 6.07) is 3.18. The summed E-state index contributed by atoms with van der Waals surface area (Å²) in [5, 5.41) is 2.19. The van der Waals surface area contributed by atoms with Crippen molar-refractivity contribution in [2.45, 2.75) is 13.1 Å². The number of hydrogen-bond acceptors (Lipinski definition) is 3. The number of hydrogen-bond donors (Lipinski definition) is 1. The van der Waals surface area contributed by atoms with Crippen molar-refractivity contribution in [2.24, 2.45) is 0 Å². The van der Waals surface area contributed by atoms with Crippen LogP contribution in [-0.4, -0.2) is 10.9 Å². The van der Waals surface area contributed by atoms with Gasteiger partial charge in [0, 0.05) is 5.02 Å². The first-order valence-electron chi connectivity index (χ1n) is 5.37. The van der Waals surface area contributed by atoms with E-state index >= 15 is 0 Å². The zero-order chi connectivity index (χ0) is 14.9. The van der Waals surface area contributed by atoms with Crippen LogP contribution in [0.4, 0.5) is 18.9 Å². The highest BCUT2D eigenvalue weighted by molar-refractivity contribution is 7.12. The van der Waals surface area contributed by atoms with Crippen molar-refractivity contribution in [2.75, 3.05) is 5.32 Å². The van der Waals surface area contributed by atoms with E-state index in [9.17, 15) is 18.0 Å². The topological polar surface area (TPSA) is 42.0 Å². The van der Waals surface area contributed by atoms with Crippen molar-refractivity contribution >= 4 is 34.5 Å². The molecule has 0 saturated heterocycles. The predicted octanol–water partition coefficient (Wildman–Crippen LogP) is 4.38. The smallest absolute Gasteiger partial charge is 0.321 e. The molecule has 3 nitrogen and oxygen atoms in total. The summed E-state index contributed by atoms with van der Waals surface area (Å²) in [4.78, 5) is 16.1. The Morgan fingerprint density at radius 2 is 2.10 bits per heavy atom. The lowest BCUT2D eigenvalue weighted by Crippen LogP contribution is -2.16. The number of anilines is 1. The highest BCUT2D eigenvalue weighted by Gasteiger charge is 2.34. The lowest BCUT2D eigenvalue weighted by molar-refractivity contribution is -0.136. The molecule has 8 heteroatoms. The van der Waals surface area contributed by atoms with Crippen LogP contribution >= 0.6 is 22.9 Å². The number of benzene rings is 1. The van der Waals surface area contributed by atoms with Gasteiger partial charge in [-0.2, -0.15) is 13.2 Å². The number of carbonyl (C=O) groups excluding carboxylic acids is 1. The minimum Gasteiger partial charge on any atom is -0.321 e. The number of alkyl halides is 3. The van der Waals surface area contributed by atoms with Crippen molar-refractivity contribution in [3.8, 4) is 0 Å². The van der Waals surface area contributed by atoms with E-state index in [0.29, 0.717) is 5.69 Å². The molecule has 0 bridgehead atoms. The number of nitrogens with one attached hydrogen (secondary N) is 1. The summed E-state index contributed by atoms with van der Waals surface area (Å²) in [6.07, 6.45) is -4.60. The normalized spacial score (nSPS) is 11.4. The number of thiazole rings is 1. The number of amides is 1. The van der Waals surface area contributed by atoms with Crippen LogP contribution < -0.4 is 5.32 Å². The second kappa shape index (κ2) is 5.41. The van der Waals surface area contributed by atoms with Crippen LogP contribution in [0, 0.1) is 6.92 Å². The molecule has 0 aliphatic carbocycles. The summed E-state index contributed by atoms with van der Waals surface area (Å²) >= 11 is 6.63. The van der Waals surface area contributed by atoms with E-state index in [1.165, 1.54) is 11.6 Å². The summed E-state index contributed by atoms with van der Waals surface area (Å²) in [5.74, 6) is -0.627. The third kappa shape index (κ3) is 3.10. The van der Waals surface area contributed by atoms with Gasteiger partial charge in [0.15, 0.2) is 0 Å². The second-order valence-electron chi connectivity index (χ2n) is 3.91. The summed E-state index contributed by atoms with van der Waals surface area (Å²) in [5.41, 5.74) is 0.604. The molecule has 0 aliphatic rings. The fraction of sp³-hybridized carbons (Fsp3) is 0.167. The third-order valence-electron chi connectivity index (χ3n) is 2.49. The van der Waals surface area contributed by atoms with E-state index in [2.05, 4.69) is 10.3 Å². The molecule has 2 rings (SSSR count). The van der Waals surface area contributed by atoms with E-state index in [1.54, 1.807) is 6.92 Å². The number of rotatable bonds is 2. The maximum atomic E-state index is 12.9. The molecule has 0 aliphatic heterocycles. The highest BCUT2D eigenvalue weighted by Crippen LogP contribution is 2.36. The molecule has 1 N–H and O–H groups in total. The first kappa shape index (κ1) is 14.8. The second-order valence-corrected chi connectivity index (χ2v) is 5.20. The highest BCUT2D eigenvalue weighted by atomic mass is 35.5. The summed E-state index contributed by atoms with van der Waals surface area (Å²) in [7, 11) is 0. The van der Waals surface area contributed by atoms with Gasteiger partial charge < -0.3 is 5.32 Å². The van der Waals surface area contributed by atoms with Crippen molar-refractivity contribution in [3.05, 3.63) is 44.9 Å². The minimum atomic E-state index is -4.60. The Hall–Kier alpha value is -1.60. The average Bonchev–Trinajstić information content (AvgIpc) is 2.76. The first-order chi connectivity index (χ1) is 9.29. The zero-order valence-electron chi connectivity index (χ0n) is 10.1. The molecule has 0 radical (unpaired) electrons. The Balaban J connectivity index is 2.35. The van der Waals surface area contributed by atoms with E-state index in [0.717, 1.165) is 23.5 Å². The van der Waals surface area contributed by atoms with Crippen LogP contribution in [0.2, 0.25) is 5.02 Å². The molecule has 1 heterocycles. The van der Waals surface area contributed by atoms with Crippen LogP contribution in [0.3, 0.4) is 0 Å². The largest absolute Gasteiger partial charge is 0.418 e. The van der Waals surface area contributed by atoms with Gasteiger partial charge in [0.05, 0.1) is 22.5 Å². The van der Waals surface area contributed by atoms with Gasteiger partial charge in [0.2, 0.25) is 0 Å². The Bertz CT molecular complexity index is 654. The van der Waals surface area contributed by atoms with Gasteiger partial charge in [-0.05, 0) is 25.1 Å². The maximum Gasteiger partial charge on any atom is 0.418 e. The molecule has 0 atom stereocenters. The number of aryl methyl sites for hydroxylation is 1. The Kier molecular flexibility index (Phi) is 4.01. The van der Waals surface area contributed by atoms with Crippen LogP contribution in [0.1, 0.15) is 20.9 Å². The van der Waals surface area contributed by atoms with Gasteiger partial charge in [-0.15, -0.1) is 11.3 Å². The maximum absolute atomic E-state index is 12.9. The fourth-order valence-electron chi connectivity index (χ4n) is 1.56. The first-order valence-corrected chi connectivity index (χ1v) is 6.63. The molecule has 0 saturated carbocycles. The van der Waals surface area contributed by atoms with Crippen LogP contribution in [0.15, 0.2) is 23.7 Å². The van der Waals surface area contributed by atoms with E-state index in [4.69, 9.17) is 11.6 Å². The molecule has 1 amide bonds. The summed E-state index contributed by atoms with van der Waals surface area (Å²) < 4.78 is 38.6. The molecule has 1 aromatic carbocycles. The molecule has 20 heavy (non-hydrogen) atoms. The molecule has 0 unspecified atom stereocenters. The van der Waals surface area contributed by atoms with Gasteiger partial charge in [0.1, 0.15) is 4.88 Å². The SMILES string of the molecule is Cc1ncsc1C(=O)Nc1ccc(Cl)cc1C(F)(F)F. The van der Waals surface area contributed by atoms with Gasteiger partial charge in [-0.25, -0.2) is 4.98 Å². The lowest BCUT2D eigenvalue weighted by Gasteiger charge is -2.13. The van der Waals surface area contributed by atoms with Crippen molar-refractivity contribution in [1.82, 2.24) is 4.98 Å². The standard InChI is InChI=1S/C12H8ClF3N2OS/c1-6-10(20-5-17-6)11(19)18-9-3-2-7(13)4-8(9)12(14,15)16/h2-5H,1H3,(H,18,19). The van der Waals surface area contributed by atoms with Crippen LogP contribution in [0.25, 0.3) is 0 Å². The van der Waals surface area contributed by atoms with E-state index in [1.807, 2.05) is 0 Å².